The molecule has 0 aromatic heterocycles. The van der Waals surface area contributed by atoms with E-state index >= 15 is 0 Å². The summed E-state index contributed by atoms with van der Waals surface area (Å²) in [5.74, 6) is 0.821. The molecular formula is C14H13NO. The van der Waals surface area contributed by atoms with E-state index in [2.05, 4.69) is 18.2 Å². The van der Waals surface area contributed by atoms with E-state index in [9.17, 15) is 0 Å². The van der Waals surface area contributed by atoms with Gasteiger partial charge < -0.3 is 4.74 Å². The summed E-state index contributed by atoms with van der Waals surface area (Å²) in [7, 11) is 0. The first-order chi connectivity index (χ1) is 7.79. The minimum Gasteiger partial charge on any atom is -0.490 e. The molecule has 16 heavy (non-hydrogen) atoms. The normalized spacial score (nSPS) is 12.0. The first-order valence-electron chi connectivity index (χ1n) is 5.32. The Bertz CT molecular complexity index is 527. The smallest absolute Gasteiger partial charge is 0.120 e. The van der Waals surface area contributed by atoms with E-state index in [-0.39, 0.29) is 6.10 Å². The molecular weight excluding hydrogens is 198 g/mol. The molecule has 0 spiro atoms. The average Bonchev–Trinajstić information content (AvgIpc) is 2.29. The largest absolute Gasteiger partial charge is 0.490 e. The zero-order chi connectivity index (χ0) is 11.4. The Kier molecular flexibility index (Phi) is 3.07. The van der Waals surface area contributed by atoms with Crippen molar-refractivity contribution < 1.29 is 4.74 Å². The minimum atomic E-state index is -0.0637. The predicted octanol–water partition coefficient (Wildman–Crippen LogP) is 3.52. The van der Waals surface area contributed by atoms with Crippen LogP contribution in [0.15, 0.2) is 42.5 Å². The number of rotatable bonds is 3. The van der Waals surface area contributed by atoms with Crippen molar-refractivity contribution in [3.63, 3.8) is 0 Å². The minimum absolute atomic E-state index is 0.0637. The first-order valence-corrected chi connectivity index (χ1v) is 5.32. The van der Waals surface area contributed by atoms with E-state index in [0.717, 1.165) is 11.1 Å². The van der Waals surface area contributed by atoms with Crippen LogP contribution in [0.25, 0.3) is 10.8 Å². The zero-order valence-corrected chi connectivity index (χ0v) is 9.18. The van der Waals surface area contributed by atoms with Crippen molar-refractivity contribution in [2.24, 2.45) is 0 Å². The van der Waals surface area contributed by atoms with Crippen LogP contribution in [0.2, 0.25) is 0 Å². The number of benzene rings is 2. The molecule has 0 fully saturated rings. The molecule has 0 N–H and O–H groups in total. The Balaban J connectivity index is 2.23. The molecule has 2 heteroatoms. The Morgan fingerprint density at radius 1 is 1.19 bits per heavy atom. The molecule has 0 heterocycles. The Labute approximate surface area is 95.1 Å². The van der Waals surface area contributed by atoms with Gasteiger partial charge in [-0.3, -0.25) is 0 Å². The second-order valence-corrected chi connectivity index (χ2v) is 3.80. The fourth-order valence-electron chi connectivity index (χ4n) is 1.64. The van der Waals surface area contributed by atoms with Gasteiger partial charge >= 0.3 is 0 Å². The second-order valence-electron chi connectivity index (χ2n) is 3.80. The van der Waals surface area contributed by atoms with Gasteiger partial charge in [0.1, 0.15) is 11.9 Å². The van der Waals surface area contributed by atoms with Gasteiger partial charge in [0.05, 0.1) is 12.5 Å². The first kappa shape index (κ1) is 10.5. The van der Waals surface area contributed by atoms with Gasteiger partial charge in [0, 0.05) is 0 Å². The summed E-state index contributed by atoms with van der Waals surface area (Å²) >= 11 is 0. The fraction of sp³-hybridized carbons (Fsp3) is 0.214. The molecule has 0 aliphatic rings. The van der Waals surface area contributed by atoms with Crippen LogP contribution in [0, 0.1) is 11.3 Å². The monoisotopic (exact) mass is 211 g/mol. The highest BCUT2D eigenvalue weighted by Crippen LogP contribution is 2.21. The fourth-order valence-corrected chi connectivity index (χ4v) is 1.64. The third kappa shape index (κ3) is 2.32. The van der Waals surface area contributed by atoms with E-state index in [1.54, 1.807) is 0 Å². The van der Waals surface area contributed by atoms with Crippen molar-refractivity contribution >= 4 is 10.8 Å². The lowest BCUT2D eigenvalue weighted by molar-refractivity contribution is 0.227. The highest BCUT2D eigenvalue weighted by Gasteiger charge is 2.03. The van der Waals surface area contributed by atoms with Gasteiger partial charge in [-0.2, -0.15) is 5.26 Å². The van der Waals surface area contributed by atoms with Crippen molar-refractivity contribution in [2.45, 2.75) is 19.4 Å². The summed E-state index contributed by atoms with van der Waals surface area (Å²) in [4.78, 5) is 0. The summed E-state index contributed by atoms with van der Waals surface area (Å²) in [6, 6.07) is 16.2. The van der Waals surface area contributed by atoms with Crippen molar-refractivity contribution in [1.82, 2.24) is 0 Å². The number of hydrogen-bond acceptors (Lipinski definition) is 2. The van der Waals surface area contributed by atoms with Gasteiger partial charge in [0.15, 0.2) is 0 Å². The van der Waals surface area contributed by atoms with Crippen LogP contribution < -0.4 is 4.74 Å². The predicted molar refractivity (Wildman–Crippen MR) is 64.3 cm³/mol. The molecule has 2 aromatic carbocycles. The van der Waals surface area contributed by atoms with Gasteiger partial charge in [-0.25, -0.2) is 0 Å². The van der Waals surface area contributed by atoms with Crippen LogP contribution in [0.3, 0.4) is 0 Å². The SMILES string of the molecule is CC(CC#N)Oc1ccc2ccccc2c1. The Morgan fingerprint density at radius 3 is 2.69 bits per heavy atom. The number of fused-ring (bicyclic) bond motifs is 1. The van der Waals surface area contributed by atoms with Gasteiger partial charge in [-0.05, 0) is 29.8 Å². The lowest BCUT2D eigenvalue weighted by Gasteiger charge is -2.11. The van der Waals surface area contributed by atoms with E-state index in [0.29, 0.717) is 6.42 Å². The Morgan fingerprint density at radius 2 is 1.94 bits per heavy atom. The number of nitriles is 1. The summed E-state index contributed by atoms with van der Waals surface area (Å²) in [6.45, 7) is 1.90. The number of ether oxygens (including phenoxy) is 1. The van der Waals surface area contributed by atoms with Crippen LogP contribution in [-0.4, -0.2) is 6.10 Å². The summed E-state index contributed by atoms with van der Waals surface area (Å²) in [5, 5.41) is 10.9. The molecule has 2 aromatic rings. The average molecular weight is 211 g/mol. The topological polar surface area (TPSA) is 33.0 Å². The quantitative estimate of drug-likeness (QED) is 0.778. The number of hydrogen-bond donors (Lipinski definition) is 0. The summed E-state index contributed by atoms with van der Waals surface area (Å²) in [5.41, 5.74) is 0. The number of nitrogens with zero attached hydrogens (tertiary/aromatic N) is 1. The van der Waals surface area contributed by atoms with Crippen LogP contribution in [0.1, 0.15) is 13.3 Å². The van der Waals surface area contributed by atoms with Crippen LogP contribution in [-0.2, 0) is 0 Å². The maximum Gasteiger partial charge on any atom is 0.120 e. The van der Waals surface area contributed by atoms with Gasteiger partial charge in [0.2, 0.25) is 0 Å². The molecule has 2 nitrogen and oxygen atoms in total. The molecule has 80 valence electrons. The molecule has 0 aliphatic carbocycles. The molecule has 0 aliphatic heterocycles. The van der Waals surface area contributed by atoms with Crippen molar-refractivity contribution in [3.8, 4) is 11.8 Å². The van der Waals surface area contributed by atoms with E-state index in [1.165, 1.54) is 5.39 Å². The molecule has 1 unspecified atom stereocenters. The highest BCUT2D eigenvalue weighted by atomic mass is 16.5. The summed E-state index contributed by atoms with van der Waals surface area (Å²) in [6.07, 6.45) is 0.346. The third-order valence-electron chi connectivity index (χ3n) is 2.44. The standard InChI is InChI=1S/C14H13NO/c1-11(8-9-15)16-14-7-6-12-4-2-3-5-13(12)10-14/h2-7,10-11H,8H2,1H3. The van der Waals surface area contributed by atoms with E-state index < -0.39 is 0 Å². The van der Waals surface area contributed by atoms with Crippen molar-refractivity contribution in [1.29, 1.82) is 5.26 Å². The van der Waals surface area contributed by atoms with E-state index in [1.807, 2.05) is 37.3 Å². The molecule has 0 bridgehead atoms. The molecule has 2 rings (SSSR count). The van der Waals surface area contributed by atoms with Crippen molar-refractivity contribution in [3.05, 3.63) is 42.5 Å². The van der Waals surface area contributed by atoms with Crippen LogP contribution >= 0.6 is 0 Å². The van der Waals surface area contributed by atoms with E-state index in [4.69, 9.17) is 10.00 Å². The highest BCUT2D eigenvalue weighted by molar-refractivity contribution is 5.83. The molecule has 0 saturated carbocycles. The molecule has 0 amide bonds. The molecule has 0 saturated heterocycles. The summed E-state index contributed by atoms with van der Waals surface area (Å²) < 4.78 is 5.64. The maximum absolute atomic E-state index is 8.56. The maximum atomic E-state index is 8.56. The second kappa shape index (κ2) is 4.67. The van der Waals surface area contributed by atoms with Crippen molar-refractivity contribution in [2.75, 3.05) is 0 Å². The zero-order valence-electron chi connectivity index (χ0n) is 9.18. The molecule has 1 atom stereocenters. The van der Waals surface area contributed by atoms with Gasteiger partial charge in [-0.1, -0.05) is 30.3 Å². The lowest BCUT2D eigenvalue weighted by Crippen LogP contribution is -2.10. The van der Waals surface area contributed by atoms with Crippen LogP contribution in [0.5, 0.6) is 5.75 Å². The van der Waals surface area contributed by atoms with Gasteiger partial charge in [0.25, 0.3) is 0 Å². The van der Waals surface area contributed by atoms with Crippen LogP contribution in [0.4, 0.5) is 0 Å². The Hall–Kier alpha value is -2.01. The van der Waals surface area contributed by atoms with Gasteiger partial charge in [-0.15, -0.1) is 0 Å². The lowest BCUT2D eigenvalue weighted by atomic mass is 10.1. The molecule has 0 radical (unpaired) electrons. The third-order valence-corrected chi connectivity index (χ3v) is 2.44.